The highest BCUT2D eigenvalue weighted by molar-refractivity contribution is 6.74. The van der Waals surface area contributed by atoms with Crippen LogP contribution in [-0.2, 0) is 9.16 Å². The zero-order valence-corrected chi connectivity index (χ0v) is 21.8. The number of rotatable bonds is 18. The molecule has 0 rings (SSSR count). The number of aliphatic hydroxyl groups excluding tert-OH is 1. The number of hydrogen-bond donors (Lipinski definition) is 1. The van der Waals surface area contributed by atoms with Gasteiger partial charge >= 0.3 is 0 Å². The first kappa shape index (κ1) is 28.7. The van der Waals surface area contributed by atoms with Gasteiger partial charge in [0.1, 0.15) is 6.10 Å². The lowest BCUT2D eigenvalue weighted by Crippen LogP contribution is -2.47. The molecule has 0 bridgehead atoms. The van der Waals surface area contributed by atoms with E-state index in [2.05, 4.69) is 46.9 Å². The van der Waals surface area contributed by atoms with Crippen molar-refractivity contribution in [1.29, 1.82) is 0 Å². The molecule has 0 saturated heterocycles. The molecule has 1 N–H and O–H groups in total. The summed E-state index contributed by atoms with van der Waals surface area (Å²) in [4.78, 5) is 0. The van der Waals surface area contributed by atoms with Gasteiger partial charge in [-0.3, -0.25) is 0 Å². The third kappa shape index (κ3) is 15.2. The van der Waals surface area contributed by atoms with E-state index >= 15 is 0 Å². The lowest BCUT2D eigenvalue weighted by molar-refractivity contribution is -0.111. The molecule has 4 heteroatoms. The van der Waals surface area contributed by atoms with Crippen LogP contribution in [0.5, 0.6) is 0 Å². The summed E-state index contributed by atoms with van der Waals surface area (Å²) in [6, 6.07) is 0. The van der Waals surface area contributed by atoms with Crippen LogP contribution >= 0.6 is 0 Å². The Morgan fingerprint density at radius 1 is 0.828 bits per heavy atom. The molecular formula is C25H52O3Si. The summed E-state index contributed by atoms with van der Waals surface area (Å²) >= 11 is 0. The van der Waals surface area contributed by atoms with Crippen LogP contribution in [0.3, 0.4) is 0 Å². The van der Waals surface area contributed by atoms with Crippen LogP contribution in [0.4, 0.5) is 0 Å². The van der Waals surface area contributed by atoms with Crippen molar-refractivity contribution in [3.8, 4) is 0 Å². The van der Waals surface area contributed by atoms with Crippen LogP contribution in [0, 0.1) is 0 Å². The lowest BCUT2D eigenvalue weighted by Gasteiger charge is -2.39. The maximum absolute atomic E-state index is 9.99. The smallest absolute Gasteiger partial charge is 0.215 e. The molecule has 0 spiro atoms. The van der Waals surface area contributed by atoms with E-state index in [1.54, 1.807) is 13.2 Å². The molecule has 29 heavy (non-hydrogen) atoms. The number of ether oxygens (including phenoxy) is 1. The molecule has 0 heterocycles. The second-order valence-electron chi connectivity index (χ2n) is 10.2. The Hall–Kier alpha value is -0.323. The van der Waals surface area contributed by atoms with Crippen molar-refractivity contribution in [1.82, 2.24) is 0 Å². The molecule has 2 unspecified atom stereocenters. The van der Waals surface area contributed by atoms with Gasteiger partial charge in [0.05, 0.1) is 6.26 Å². The van der Waals surface area contributed by atoms with Gasteiger partial charge in [0, 0.05) is 0 Å². The van der Waals surface area contributed by atoms with Crippen LogP contribution in [-0.4, -0.2) is 25.8 Å². The summed E-state index contributed by atoms with van der Waals surface area (Å²) in [5.41, 5.74) is 0. The maximum atomic E-state index is 9.99. The molecule has 0 amide bonds. The topological polar surface area (TPSA) is 38.7 Å². The highest BCUT2D eigenvalue weighted by atomic mass is 28.4. The minimum atomic E-state index is -1.96. The number of aliphatic hydroxyl groups is 1. The van der Waals surface area contributed by atoms with E-state index in [9.17, 15) is 5.11 Å². The van der Waals surface area contributed by atoms with Gasteiger partial charge in [-0.25, -0.2) is 0 Å². The Labute approximate surface area is 183 Å². The van der Waals surface area contributed by atoms with Gasteiger partial charge in [0.15, 0.2) is 8.32 Å². The lowest BCUT2D eigenvalue weighted by atomic mass is 10.0. The van der Waals surface area contributed by atoms with Crippen LogP contribution in [0.15, 0.2) is 12.3 Å². The maximum Gasteiger partial charge on any atom is 0.215 e. The molecular weight excluding hydrogens is 376 g/mol. The van der Waals surface area contributed by atoms with Crippen LogP contribution in [0.25, 0.3) is 0 Å². The largest absolute Gasteiger partial charge is 0.471 e. The summed E-state index contributed by atoms with van der Waals surface area (Å²) in [7, 11) is -1.96. The van der Waals surface area contributed by atoms with Gasteiger partial charge in [-0.1, -0.05) is 98.3 Å². The Balaban J connectivity index is 3.76. The van der Waals surface area contributed by atoms with Crippen LogP contribution in [0.1, 0.15) is 118 Å². The summed E-state index contributed by atoms with van der Waals surface area (Å²) in [6.07, 6.45) is 20.1. The monoisotopic (exact) mass is 428 g/mol. The Morgan fingerprint density at radius 2 is 1.28 bits per heavy atom. The van der Waals surface area contributed by atoms with Gasteiger partial charge in [-0.2, -0.15) is 0 Å². The molecule has 3 nitrogen and oxygen atoms in total. The number of hydrogen-bond acceptors (Lipinski definition) is 3. The predicted molar refractivity (Wildman–Crippen MR) is 130 cm³/mol. The van der Waals surface area contributed by atoms with Gasteiger partial charge < -0.3 is 14.3 Å². The fraction of sp³-hybridized carbons (Fsp3) is 0.920. The fourth-order valence-electron chi connectivity index (χ4n) is 3.01. The first-order valence-electron chi connectivity index (χ1n) is 12.3. The first-order chi connectivity index (χ1) is 13.6. The normalized spacial score (nSPS) is 15.0. The van der Waals surface area contributed by atoms with Crippen molar-refractivity contribution < 1.29 is 14.3 Å². The predicted octanol–water partition coefficient (Wildman–Crippen LogP) is 8.34. The zero-order chi connectivity index (χ0) is 22.2. The third-order valence-corrected chi connectivity index (χ3v) is 10.6. The number of unbranched alkanes of at least 4 members (excludes halogenated alkanes) is 12. The van der Waals surface area contributed by atoms with E-state index in [-0.39, 0.29) is 5.04 Å². The van der Waals surface area contributed by atoms with Crippen molar-refractivity contribution in [3.05, 3.63) is 12.3 Å². The first-order valence-corrected chi connectivity index (χ1v) is 15.2. The fourth-order valence-corrected chi connectivity index (χ4v) is 4.20. The minimum Gasteiger partial charge on any atom is -0.471 e. The summed E-state index contributed by atoms with van der Waals surface area (Å²) in [5, 5.41) is 10.1. The number of allylic oxidation sites excluding steroid dienone is 1. The van der Waals surface area contributed by atoms with Crippen LogP contribution in [0.2, 0.25) is 18.1 Å². The molecule has 0 aromatic heterocycles. The molecule has 0 saturated carbocycles. The molecule has 0 fully saturated rings. The van der Waals surface area contributed by atoms with Gasteiger partial charge in [-0.05, 0) is 44.0 Å². The summed E-state index contributed by atoms with van der Waals surface area (Å²) < 4.78 is 11.9. The van der Waals surface area contributed by atoms with Crippen molar-refractivity contribution in [2.24, 2.45) is 0 Å². The van der Waals surface area contributed by atoms with Gasteiger partial charge in [-0.15, -0.1) is 0 Å². The Morgan fingerprint density at radius 3 is 1.69 bits per heavy atom. The van der Waals surface area contributed by atoms with Crippen molar-refractivity contribution >= 4 is 8.32 Å². The molecule has 0 radical (unpaired) electrons. The third-order valence-electron chi connectivity index (χ3n) is 6.14. The SMILES string of the molecule is CCCCCCCCCCCCCCC=COC(O[Si](C)(C)C(C)(C)C)C(C)O. The highest BCUT2D eigenvalue weighted by Gasteiger charge is 2.40. The van der Waals surface area contributed by atoms with E-state index in [0.717, 1.165) is 6.42 Å². The molecule has 2 atom stereocenters. The van der Waals surface area contributed by atoms with Gasteiger partial charge in [0.2, 0.25) is 6.29 Å². The molecule has 0 aromatic rings. The summed E-state index contributed by atoms with van der Waals surface area (Å²) in [6.45, 7) is 15.0. The molecule has 0 aliphatic heterocycles. The van der Waals surface area contributed by atoms with E-state index in [1.807, 2.05) is 0 Å². The molecule has 0 aliphatic rings. The average Bonchev–Trinajstić information content (AvgIpc) is 2.62. The summed E-state index contributed by atoms with van der Waals surface area (Å²) in [5.74, 6) is 0. The zero-order valence-electron chi connectivity index (χ0n) is 20.8. The van der Waals surface area contributed by atoms with Crippen molar-refractivity contribution in [2.75, 3.05) is 0 Å². The minimum absolute atomic E-state index is 0.0995. The van der Waals surface area contributed by atoms with Crippen molar-refractivity contribution in [3.63, 3.8) is 0 Å². The average molecular weight is 429 g/mol. The molecule has 0 aromatic carbocycles. The van der Waals surface area contributed by atoms with E-state index in [1.165, 1.54) is 77.0 Å². The highest BCUT2D eigenvalue weighted by Crippen LogP contribution is 2.37. The molecule has 174 valence electrons. The second-order valence-corrected chi connectivity index (χ2v) is 14.9. The quantitative estimate of drug-likeness (QED) is 0.103. The van der Waals surface area contributed by atoms with E-state index in [0.29, 0.717) is 0 Å². The Kier molecular flexibility index (Phi) is 16.2. The standard InChI is InChI=1S/C25H52O3Si/c1-8-9-10-11-12-13-14-15-16-17-18-19-20-21-22-27-24(23(2)26)28-29(6,7)25(3,4)5/h21-24,26H,8-20H2,1-7H3. The van der Waals surface area contributed by atoms with Crippen molar-refractivity contribution in [2.45, 2.75) is 149 Å². The van der Waals surface area contributed by atoms with E-state index in [4.69, 9.17) is 9.16 Å². The van der Waals surface area contributed by atoms with Gasteiger partial charge in [0.25, 0.3) is 0 Å². The van der Waals surface area contributed by atoms with E-state index < -0.39 is 20.7 Å². The van der Waals surface area contributed by atoms with Crippen LogP contribution < -0.4 is 0 Å². The molecule has 0 aliphatic carbocycles. The second kappa shape index (κ2) is 16.4. The Bertz CT molecular complexity index is 399.